The van der Waals surface area contributed by atoms with Crippen molar-refractivity contribution in [2.24, 2.45) is 28.1 Å². The van der Waals surface area contributed by atoms with Gasteiger partial charge in [0.2, 0.25) is 0 Å². The van der Waals surface area contributed by atoms with Crippen molar-refractivity contribution in [3.05, 3.63) is 0 Å². The molecule has 3 rings (SSSR count). The van der Waals surface area contributed by atoms with Gasteiger partial charge in [0.05, 0.1) is 12.4 Å². The second-order valence-electron chi connectivity index (χ2n) is 8.61. The van der Waals surface area contributed by atoms with Gasteiger partial charge in [0.1, 0.15) is 0 Å². The fraction of sp³-hybridized carbons (Fsp3) is 1.00. The van der Waals surface area contributed by atoms with E-state index in [4.69, 9.17) is 4.18 Å². The summed E-state index contributed by atoms with van der Waals surface area (Å²) < 4.78 is 29.3. The molecule has 0 N–H and O–H groups in total. The zero-order valence-corrected chi connectivity index (χ0v) is 14.2. The SMILES string of the molecule is C[C@@H]1CC[C@]23C1CC[C@@]2(C)CC(C)(C)[C@@H]3OS(C)(=O)=O. The average Bonchev–Trinajstić information content (AvgIpc) is 2.77. The zero-order valence-electron chi connectivity index (χ0n) is 13.4. The second kappa shape index (κ2) is 4.01. The minimum atomic E-state index is -3.41. The predicted octanol–water partition coefficient (Wildman–Crippen LogP) is 3.59. The van der Waals surface area contributed by atoms with Crippen LogP contribution >= 0.6 is 0 Å². The van der Waals surface area contributed by atoms with Gasteiger partial charge in [-0.3, -0.25) is 4.18 Å². The lowest BCUT2D eigenvalue weighted by molar-refractivity contribution is -0.0279. The molecule has 1 spiro atoms. The van der Waals surface area contributed by atoms with Crippen molar-refractivity contribution >= 4 is 10.1 Å². The molecule has 0 aromatic carbocycles. The van der Waals surface area contributed by atoms with Crippen molar-refractivity contribution in [2.75, 3.05) is 6.26 Å². The van der Waals surface area contributed by atoms with Gasteiger partial charge in [-0.15, -0.1) is 0 Å². The van der Waals surface area contributed by atoms with Crippen LogP contribution < -0.4 is 0 Å². The van der Waals surface area contributed by atoms with Crippen LogP contribution in [-0.2, 0) is 14.3 Å². The highest BCUT2D eigenvalue weighted by atomic mass is 32.2. The van der Waals surface area contributed by atoms with E-state index in [1.807, 2.05) is 0 Å². The third kappa shape index (κ3) is 1.76. The molecular weight excluding hydrogens is 272 g/mol. The van der Waals surface area contributed by atoms with Crippen molar-refractivity contribution in [1.29, 1.82) is 0 Å². The van der Waals surface area contributed by atoms with Crippen LogP contribution in [0.3, 0.4) is 0 Å². The van der Waals surface area contributed by atoms with Gasteiger partial charge in [0, 0.05) is 5.41 Å². The lowest BCUT2D eigenvalue weighted by Gasteiger charge is -2.43. The first-order valence-electron chi connectivity index (χ1n) is 7.90. The van der Waals surface area contributed by atoms with E-state index in [9.17, 15) is 8.42 Å². The van der Waals surface area contributed by atoms with Crippen LogP contribution in [0.25, 0.3) is 0 Å². The lowest BCUT2D eigenvalue weighted by Crippen LogP contribution is -2.46. The Hall–Kier alpha value is -0.0900. The monoisotopic (exact) mass is 300 g/mol. The van der Waals surface area contributed by atoms with Gasteiger partial charge < -0.3 is 0 Å². The Balaban J connectivity index is 2.10. The van der Waals surface area contributed by atoms with E-state index in [2.05, 4.69) is 27.7 Å². The highest BCUT2D eigenvalue weighted by Crippen LogP contribution is 2.76. The van der Waals surface area contributed by atoms with Crippen molar-refractivity contribution in [3.63, 3.8) is 0 Å². The third-order valence-corrected chi connectivity index (χ3v) is 7.33. The van der Waals surface area contributed by atoms with Crippen LogP contribution in [0.5, 0.6) is 0 Å². The van der Waals surface area contributed by atoms with Gasteiger partial charge in [-0.1, -0.05) is 27.7 Å². The topological polar surface area (TPSA) is 43.4 Å². The standard InChI is InChI=1S/C16H28O3S/c1-11-6-9-16-12(11)7-8-15(16,4)10-14(2,3)13(16)19-20(5,17)18/h11-13H,6-10H2,1-5H3/t11-,12?,13+,15+,16-/m1/s1. The summed E-state index contributed by atoms with van der Waals surface area (Å²) in [6.07, 6.45) is 6.99. The largest absolute Gasteiger partial charge is 0.266 e. The molecule has 116 valence electrons. The normalized spacial score (nSPS) is 50.1. The fourth-order valence-electron chi connectivity index (χ4n) is 6.44. The lowest BCUT2D eigenvalue weighted by atomic mass is 9.64. The molecule has 0 heterocycles. The van der Waals surface area contributed by atoms with Crippen LogP contribution in [0.2, 0.25) is 0 Å². The van der Waals surface area contributed by atoms with Crippen LogP contribution in [-0.4, -0.2) is 20.8 Å². The van der Waals surface area contributed by atoms with Gasteiger partial charge in [-0.25, -0.2) is 0 Å². The molecule has 3 fully saturated rings. The summed E-state index contributed by atoms with van der Waals surface area (Å²) in [6.45, 7) is 9.12. The third-order valence-electron chi connectivity index (χ3n) is 6.79. The molecule has 1 unspecified atom stereocenters. The first-order valence-corrected chi connectivity index (χ1v) is 9.72. The molecular formula is C16H28O3S. The average molecular weight is 300 g/mol. The smallest absolute Gasteiger partial charge is 0.264 e. The number of hydrogen-bond acceptors (Lipinski definition) is 3. The van der Waals surface area contributed by atoms with Crippen LogP contribution in [0.4, 0.5) is 0 Å². The second-order valence-corrected chi connectivity index (χ2v) is 10.2. The highest BCUT2D eigenvalue weighted by molar-refractivity contribution is 7.86. The molecule has 3 aliphatic rings. The molecule has 0 radical (unpaired) electrons. The molecule has 20 heavy (non-hydrogen) atoms. The van der Waals surface area contributed by atoms with E-state index in [0.29, 0.717) is 11.8 Å². The highest BCUT2D eigenvalue weighted by Gasteiger charge is 2.73. The summed E-state index contributed by atoms with van der Waals surface area (Å²) in [4.78, 5) is 0. The summed E-state index contributed by atoms with van der Waals surface area (Å²) in [5.74, 6) is 1.34. The van der Waals surface area contributed by atoms with Crippen LogP contribution in [0.15, 0.2) is 0 Å². The first kappa shape index (κ1) is 14.8. The summed E-state index contributed by atoms with van der Waals surface area (Å²) in [7, 11) is -3.41. The molecule has 0 aromatic heterocycles. The Kier molecular flexibility index (Phi) is 2.97. The summed E-state index contributed by atoms with van der Waals surface area (Å²) in [5, 5.41) is 0. The maximum absolute atomic E-state index is 11.8. The van der Waals surface area contributed by atoms with Crippen molar-refractivity contribution in [2.45, 2.75) is 65.9 Å². The van der Waals surface area contributed by atoms with Crippen molar-refractivity contribution < 1.29 is 12.6 Å². The Morgan fingerprint density at radius 2 is 1.75 bits per heavy atom. The summed E-state index contributed by atoms with van der Waals surface area (Å²) >= 11 is 0. The van der Waals surface area contributed by atoms with Gasteiger partial charge in [-0.2, -0.15) is 8.42 Å². The minimum Gasteiger partial charge on any atom is -0.266 e. The quantitative estimate of drug-likeness (QED) is 0.732. The zero-order chi connectivity index (χ0) is 15.0. The van der Waals surface area contributed by atoms with E-state index in [1.54, 1.807) is 0 Å². The summed E-state index contributed by atoms with van der Waals surface area (Å²) in [5.41, 5.74) is 0.279. The Morgan fingerprint density at radius 1 is 1.10 bits per heavy atom. The van der Waals surface area contributed by atoms with Crippen molar-refractivity contribution in [3.8, 4) is 0 Å². The van der Waals surface area contributed by atoms with Gasteiger partial charge in [-0.05, 0) is 54.8 Å². The number of hydrogen-bond donors (Lipinski definition) is 0. The van der Waals surface area contributed by atoms with Gasteiger partial charge >= 0.3 is 0 Å². The predicted molar refractivity (Wildman–Crippen MR) is 79.8 cm³/mol. The maximum Gasteiger partial charge on any atom is 0.264 e. The molecule has 4 heteroatoms. The molecule has 0 amide bonds. The Labute approximate surface area is 123 Å². The van der Waals surface area contributed by atoms with Crippen molar-refractivity contribution in [1.82, 2.24) is 0 Å². The number of rotatable bonds is 2. The maximum atomic E-state index is 11.8. The first-order chi connectivity index (χ1) is 9.02. The van der Waals surface area contributed by atoms with E-state index in [0.717, 1.165) is 12.8 Å². The Morgan fingerprint density at radius 3 is 2.35 bits per heavy atom. The molecule has 0 aromatic rings. The van der Waals surface area contributed by atoms with Crippen LogP contribution in [0.1, 0.15) is 59.8 Å². The molecule has 3 saturated carbocycles. The van der Waals surface area contributed by atoms with E-state index < -0.39 is 10.1 Å². The van der Waals surface area contributed by atoms with E-state index in [-0.39, 0.29) is 22.3 Å². The van der Waals surface area contributed by atoms with Gasteiger partial charge in [0.25, 0.3) is 10.1 Å². The molecule has 3 aliphatic carbocycles. The molecule has 3 nitrogen and oxygen atoms in total. The van der Waals surface area contributed by atoms with E-state index in [1.165, 1.54) is 25.5 Å². The Bertz CT molecular complexity index is 524. The fourth-order valence-corrected chi connectivity index (χ4v) is 7.22. The molecule has 0 aliphatic heterocycles. The van der Waals surface area contributed by atoms with Gasteiger partial charge in [0.15, 0.2) is 0 Å². The minimum absolute atomic E-state index is 0.0550. The summed E-state index contributed by atoms with van der Waals surface area (Å²) in [6, 6.07) is 0. The molecule has 0 bridgehead atoms. The molecule has 5 atom stereocenters. The molecule has 0 saturated heterocycles. The van der Waals surface area contributed by atoms with E-state index >= 15 is 0 Å². The van der Waals surface area contributed by atoms with Crippen LogP contribution in [0, 0.1) is 28.1 Å².